The van der Waals surface area contributed by atoms with Gasteiger partial charge in [0.05, 0.1) is 17.3 Å². The van der Waals surface area contributed by atoms with Crippen molar-refractivity contribution >= 4 is 5.88 Å². The van der Waals surface area contributed by atoms with Crippen LogP contribution in [-0.4, -0.2) is 15.4 Å². The van der Waals surface area contributed by atoms with Gasteiger partial charge in [0.15, 0.2) is 0 Å². The Morgan fingerprint density at radius 3 is 2.56 bits per heavy atom. The minimum absolute atomic E-state index is 0.0323. The molecule has 80 valence electrons. The SMILES string of the molecule is N#Cc1cc(-c2cnoc2N)c(O)cc1O. The Bertz CT molecular complexity index is 583. The van der Waals surface area contributed by atoms with Gasteiger partial charge in [-0.2, -0.15) is 5.26 Å². The third-order valence-corrected chi connectivity index (χ3v) is 2.12. The first kappa shape index (κ1) is 9.86. The molecule has 2 aromatic rings. The fraction of sp³-hybridized carbons (Fsp3) is 0. The van der Waals surface area contributed by atoms with Gasteiger partial charge in [0.1, 0.15) is 17.6 Å². The summed E-state index contributed by atoms with van der Waals surface area (Å²) in [7, 11) is 0. The smallest absolute Gasteiger partial charge is 0.230 e. The lowest BCUT2D eigenvalue weighted by Crippen LogP contribution is -1.87. The number of aromatic hydroxyl groups is 2. The van der Waals surface area contributed by atoms with Gasteiger partial charge in [-0.05, 0) is 6.07 Å². The second-order valence-electron chi connectivity index (χ2n) is 3.10. The molecule has 0 amide bonds. The average molecular weight is 217 g/mol. The zero-order valence-electron chi connectivity index (χ0n) is 8.01. The van der Waals surface area contributed by atoms with Crippen molar-refractivity contribution in [3.05, 3.63) is 23.9 Å². The molecule has 0 spiro atoms. The number of hydrogen-bond acceptors (Lipinski definition) is 6. The van der Waals surface area contributed by atoms with Crippen LogP contribution in [0.4, 0.5) is 5.88 Å². The highest BCUT2D eigenvalue weighted by atomic mass is 16.5. The van der Waals surface area contributed by atoms with Crippen LogP contribution in [0.2, 0.25) is 0 Å². The van der Waals surface area contributed by atoms with E-state index in [1.807, 2.05) is 0 Å². The monoisotopic (exact) mass is 217 g/mol. The minimum atomic E-state index is -0.293. The topological polar surface area (TPSA) is 116 Å². The van der Waals surface area contributed by atoms with Gasteiger partial charge < -0.3 is 20.5 Å². The molecule has 6 heteroatoms. The van der Waals surface area contributed by atoms with Crippen LogP contribution in [0.1, 0.15) is 5.56 Å². The predicted molar refractivity (Wildman–Crippen MR) is 54.4 cm³/mol. The Kier molecular flexibility index (Phi) is 2.14. The van der Waals surface area contributed by atoms with Crippen LogP contribution in [0.15, 0.2) is 22.9 Å². The number of rotatable bonds is 1. The maximum atomic E-state index is 9.61. The summed E-state index contributed by atoms with van der Waals surface area (Å²) >= 11 is 0. The van der Waals surface area contributed by atoms with Gasteiger partial charge in [-0.3, -0.25) is 0 Å². The van der Waals surface area contributed by atoms with Crippen molar-refractivity contribution in [2.24, 2.45) is 0 Å². The zero-order chi connectivity index (χ0) is 11.7. The maximum Gasteiger partial charge on any atom is 0.230 e. The molecule has 0 radical (unpaired) electrons. The van der Waals surface area contributed by atoms with E-state index in [9.17, 15) is 10.2 Å². The average Bonchev–Trinajstić information content (AvgIpc) is 2.65. The Morgan fingerprint density at radius 1 is 1.25 bits per heavy atom. The molecule has 0 saturated carbocycles. The number of hydrogen-bond donors (Lipinski definition) is 3. The highest BCUT2D eigenvalue weighted by molar-refractivity contribution is 5.79. The number of nitrogen functional groups attached to an aromatic ring is 1. The summed E-state index contributed by atoms with van der Waals surface area (Å²) in [6.07, 6.45) is 1.32. The third-order valence-electron chi connectivity index (χ3n) is 2.12. The van der Waals surface area contributed by atoms with Gasteiger partial charge in [-0.1, -0.05) is 5.16 Å². The van der Waals surface area contributed by atoms with E-state index in [1.54, 1.807) is 6.07 Å². The lowest BCUT2D eigenvalue weighted by molar-refractivity contribution is 0.436. The molecule has 6 nitrogen and oxygen atoms in total. The molecule has 0 saturated heterocycles. The van der Waals surface area contributed by atoms with Gasteiger partial charge in [0.2, 0.25) is 5.88 Å². The van der Waals surface area contributed by atoms with E-state index >= 15 is 0 Å². The molecule has 0 bridgehead atoms. The van der Waals surface area contributed by atoms with Crippen LogP contribution in [0.3, 0.4) is 0 Å². The van der Waals surface area contributed by atoms with Gasteiger partial charge >= 0.3 is 0 Å². The molecule has 0 aliphatic rings. The van der Waals surface area contributed by atoms with E-state index < -0.39 is 0 Å². The molecule has 0 aliphatic carbocycles. The third kappa shape index (κ3) is 1.40. The normalized spacial score (nSPS) is 9.94. The molecule has 0 aliphatic heterocycles. The number of aromatic nitrogens is 1. The number of nitrogens with zero attached hydrogens (tertiary/aromatic N) is 2. The number of anilines is 1. The molecule has 1 aromatic carbocycles. The van der Waals surface area contributed by atoms with E-state index in [0.29, 0.717) is 5.56 Å². The Labute approximate surface area is 90.1 Å². The van der Waals surface area contributed by atoms with E-state index in [1.165, 1.54) is 12.3 Å². The minimum Gasteiger partial charge on any atom is -0.507 e. The van der Waals surface area contributed by atoms with Crippen LogP contribution >= 0.6 is 0 Å². The van der Waals surface area contributed by atoms with Crippen molar-refractivity contribution in [2.45, 2.75) is 0 Å². The number of phenolic OH excluding ortho intramolecular Hbond substituents is 2. The van der Waals surface area contributed by atoms with Gasteiger partial charge in [-0.25, -0.2) is 0 Å². The van der Waals surface area contributed by atoms with Crippen LogP contribution in [0, 0.1) is 11.3 Å². The van der Waals surface area contributed by atoms with Crippen molar-refractivity contribution in [1.82, 2.24) is 5.16 Å². The number of nitriles is 1. The first-order chi connectivity index (χ1) is 7.63. The summed E-state index contributed by atoms with van der Waals surface area (Å²) in [4.78, 5) is 0. The lowest BCUT2D eigenvalue weighted by Gasteiger charge is -2.04. The van der Waals surface area contributed by atoms with Crippen molar-refractivity contribution in [1.29, 1.82) is 5.26 Å². The summed E-state index contributed by atoms with van der Waals surface area (Å²) < 4.78 is 4.65. The molecular weight excluding hydrogens is 210 g/mol. The van der Waals surface area contributed by atoms with Crippen molar-refractivity contribution in [3.8, 4) is 28.7 Å². The summed E-state index contributed by atoms with van der Waals surface area (Å²) in [5.41, 5.74) is 6.18. The van der Waals surface area contributed by atoms with Gasteiger partial charge in [0.25, 0.3) is 0 Å². The van der Waals surface area contributed by atoms with Crippen molar-refractivity contribution in [3.63, 3.8) is 0 Å². The van der Waals surface area contributed by atoms with Crippen LogP contribution in [0.25, 0.3) is 11.1 Å². The molecule has 0 fully saturated rings. The number of benzene rings is 1. The van der Waals surface area contributed by atoms with Gasteiger partial charge in [-0.15, -0.1) is 0 Å². The predicted octanol–water partition coefficient (Wildman–Crippen LogP) is 1.21. The Balaban J connectivity index is 2.67. The summed E-state index contributed by atoms with van der Waals surface area (Å²) in [5, 5.41) is 31.1. The Morgan fingerprint density at radius 2 is 2.00 bits per heavy atom. The fourth-order valence-electron chi connectivity index (χ4n) is 1.33. The summed E-state index contributed by atoms with van der Waals surface area (Å²) in [6, 6.07) is 4.17. The molecule has 4 N–H and O–H groups in total. The molecule has 0 atom stereocenters. The number of phenols is 2. The highest BCUT2D eigenvalue weighted by Crippen LogP contribution is 2.36. The maximum absolute atomic E-state index is 9.61. The van der Waals surface area contributed by atoms with Gasteiger partial charge in [0, 0.05) is 11.6 Å². The first-order valence-corrected chi connectivity index (χ1v) is 4.30. The van der Waals surface area contributed by atoms with Crippen LogP contribution < -0.4 is 5.73 Å². The van der Waals surface area contributed by atoms with E-state index in [2.05, 4.69) is 9.68 Å². The highest BCUT2D eigenvalue weighted by Gasteiger charge is 2.14. The molecule has 1 aromatic heterocycles. The summed E-state index contributed by atoms with van der Waals surface area (Å²) in [6.45, 7) is 0. The largest absolute Gasteiger partial charge is 0.507 e. The van der Waals surface area contributed by atoms with Crippen molar-refractivity contribution in [2.75, 3.05) is 5.73 Å². The quantitative estimate of drug-likeness (QED) is 0.660. The number of nitrogens with two attached hydrogens (primary N) is 1. The van der Waals surface area contributed by atoms with E-state index in [4.69, 9.17) is 11.0 Å². The summed E-state index contributed by atoms with van der Waals surface area (Å²) in [5.74, 6) is -0.463. The molecule has 1 heterocycles. The van der Waals surface area contributed by atoms with Crippen LogP contribution in [0.5, 0.6) is 11.5 Å². The second-order valence-corrected chi connectivity index (χ2v) is 3.10. The zero-order valence-corrected chi connectivity index (χ0v) is 8.01. The second kappa shape index (κ2) is 3.47. The first-order valence-electron chi connectivity index (χ1n) is 4.30. The fourth-order valence-corrected chi connectivity index (χ4v) is 1.33. The molecule has 2 rings (SSSR count). The Hall–Kier alpha value is -2.68. The van der Waals surface area contributed by atoms with Crippen molar-refractivity contribution < 1.29 is 14.7 Å². The van der Waals surface area contributed by atoms with E-state index in [-0.39, 0.29) is 28.5 Å². The standard InChI is InChI=1S/C10H7N3O3/c11-3-5-1-6(9(15)2-8(5)14)7-4-13-16-10(7)12/h1-2,4,14-15H,12H2. The molecule has 0 unspecified atom stereocenters. The van der Waals surface area contributed by atoms with Crippen LogP contribution in [-0.2, 0) is 0 Å². The van der Waals surface area contributed by atoms with E-state index in [0.717, 1.165) is 6.07 Å². The lowest BCUT2D eigenvalue weighted by atomic mass is 10.0. The molecule has 16 heavy (non-hydrogen) atoms. The molecular formula is C10H7N3O3.